The minimum atomic E-state index is -0.313. The number of unbranched alkanes of at least 4 members (excludes halogenated alkanes) is 14. The number of aromatic hydroxyl groups is 3. The van der Waals surface area contributed by atoms with Crippen molar-refractivity contribution in [2.75, 3.05) is 31.4 Å². The van der Waals surface area contributed by atoms with Gasteiger partial charge < -0.3 is 52.3 Å². The van der Waals surface area contributed by atoms with Crippen LogP contribution < -0.4 is 148 Å². The van der Waals surface area contributed by atoms with Crippen LogP contribution in [0.4, 0.5) is 39.8 Å². The number of phenols is 3. The molecule has 8 rings (SSSR count). The molecule has 592 valence electrons. The second-order valence-corrected chi connectivity index (χ2v) is 25.8. The van der Waals surface area contributed by atoms with Crippen molar-refractivity contribution in [3.63, 3.8) is 0 Å². The average Bonchev–Trinajstić information content (AvgIpc) is 0.898. The Hall–Kier alpha value is -6.07. The number of hydrogen-bond acceptors (Lipinski definition) is 19. The summed E-state index contributed by atoms with van der Waals surface area (Å²) in [4.78, 5) is 33.4. The number of azo groups is 3. The summed E-state index contributed by atoms with van der Waals surface area (Å²) in [5.74, 6) is 1.73. The fraction of sp³-hybridized carbons (Fsp3) is 0.382. The molecule has 0 unspecified atom stereocenters. The first-order chi connectivity index (χ1) is 52.4. The van der Waals surface area contributed by atoms with E-state index in [-0.39, 0.29) is 169 Å². The van der Waals surface area contributed by atoms with Crippen molar-refractivity contribution in [2.45, 2.75) is 196 Å². The SMILES string of the molecule is C=C(C)C(=O)OCCCCCCCl.C=C(C)C(=O)OCCCCCCOc1ccc(N=Nc2ccc(CCCCC)cc2)cc1.CCCCCc1ccc(N)cc1.CCCCCc1ccc(N=Nc2ccc(O)cc2)cc1.CCCCCc1ccc(N=Nc2ccc(O)cc2)cc1.O=CO[O-].Oc1ccccc1.[H-].[K+].[K+].[Na+].[OH-]. The Morgan fingerprint density at radius 2 is 0.670 bits per heavy atom. The molecule has 23 heteroatoms. The van der Waals surface area contributed by atoms with Gasteiger partial charge >= 0.3 is 144 Å². The van der Waals surface area contributed by atoms with Crippen molar-refractivity contribution in [2.24, 2.45) is 30.7 Å². The van der Waals surface area contributed by atoms with E-state index < -0.39 is 0 Å². The first-order valence-corrected chi connectivity index (χ1v) is 38.3. The summed E-state index contributed by atoms with van der Waals surface area (Å²) in [6.45, 7) is 20.7. The third kappa shape index (κ3) is 60.5. The van der Waals surface area contributed by atoms with Crippen molar-refractivity contribution in [1.29, 1.82) is 0 Å². The van der Waals surface area contributed by atoms with Gasteiger partial charge in [0, 0.05) is 22.7 Å². The van der Waals surface area contributed by atoms with Crippen LogP contribution in [-0.2, 0) is 54.4 Å². The molecule has 0 heterocycles. The number of hydrogen-bond donors (Lipinski definition) is 4. The van der Waals surface area contributed by atoms with Crippen LogP contribution >= 0.6 is 11.6 Å². The van der Waals surface area contributed by atoms with E-state index in [2.05, 4.69) is 125 Å². The van der Waals surface area contributed by atoms with Crippen LogP contribution in [0.15, 0.2) is 255 Å². The van der Waals surface area contributed by atoms with Crippen LogP contribution in [0.5, 0.6) is 23.0 Å². The van der Waals surface area contributed by atoms with Gasteiger partial charge in [-0.1, -0.05) is 172 Å². The molecule has 0 radical (unpaired) electrons. The number of esters is 2. The third-order valence-electron chi connectivity index (χ3n) is 15.7. The summed E-state index contributed by atoms with van der Waals surface area (Å²) < 4.78 is 15.8. The molecule has 0 saturated heterocycles. The van der Waals surface area contributed by atoms with Crippen LogP contribution in [-0.4, -0.2) is 64.9 Å². The van der Waals surface area contributed by atoms with E-state index in [0.717, 1.165) is 116 Å². The fourth-order valence-electron chi connectivity index (χ4n) is 9.48. The number of aryl methyl sites for hydroxylation is 4. The molecule has 0 amide bonds. The molecule has 0 aromatic heterocycles. The minimum Gasteiger partial charge on any atom is -1.00 e. The molecule has 0 atom stereocenters. The van der Waals surface area contributed by atoms with Gasteiger partial charge in [-0.15, -0.1) is 11.6 Å². The van der Waals surface area contributed by atoms with Gasteiger partial charge in [-0.25, -0.2) is 9.59 Å². The number of para-hydroxylation sites is 1. The molecule has 0 aliphatic rings. The number of carbonyl (C=O) groups is 3. The molecule has 0 aliphatic heterocycles. The molecule has 112 heavy (non-hydrogen) atoms. The number of ether oxygens (including phenoxy) is 3. The molecule has 6 N–H and O–H groups in total. The van der Waals surface area contributed by atoms with E-state index >= 15 is 0 Å². The van der Waals surface area contributed by atoms with Crippen LogP contribution in [0.2, 0.25) is 0 Å². The number of phenolic OH excluding ortho intramolecular Hbond substituents is 3. The molecule has 0 fully saturated rings. The first-order valence-electron chi connectivity index (χ1n) is 37.8. The van der Waals surface area contributed by atoms with Crippen LogP contribution in [0.3, 0.4) is 0 Å². The van der Waals surface area contributed by atoms with Crippen molar-refractivity contribution < 1.29 is 193 Å². The molecular weight excluding hydrogens is 1500 g/mol. The maximum Gasteiger partial charge on any atom is 1.00 e. The molecule has 8 aromatic rings. The maximum atomic E-state index is 11.3. The quantitative estimate of drug-likeness (QED) is 0.00266. The van der Waals surface area contributed by atoms with Gasteiger partial charge in [-0.05, 0) is 259 Å². The van der Waals surface area contributed by atoms with Gasteiger partial charge in [0.05, 0.1) is 53.9 Å². The van der Waals surface area contributed by atoms with Crippen LogP contribution in [0, 0.1) is 0 Å². The van der Waals surface area contributed by atoms with Crippen molar-refractivity contribution in [3.05, 3.63) is 247 Å². The Bertz CT molecular complexity index is 3620. The molecule has 8 aromatic carbocycles. The average molecular weight is 1620 g/mol. The molecule has 0 spiro atoms. The summed E-state index contributed by atoms with van der Waals surface area (Å²) in [6, 6.07) is 62.6. The molecular formula is C89H119ClK2N7NaO12. The summed E-state index contributed by atoms with van der Waals surface area (Å²) in [5, 5.41) is 60.7. The number of alkyl halides is 1. The van der Waals surface area contributed by atoms with Crippen LogP contribution in [0.25, 0.3) is 0 Å². The molecule has 0 saturated carbocycles. The summed E-state index contributed by atoms with van der Waals surface area (Å²) in [7, 11) is 0. The van der Waals surface area contributed by atoms with Gasteiger partial charge in [0.25, 0.3) is 6.47 Å². The number of nitrogens with zero attached hydrogens (tertiary/aromatic N) is 6. The van der Waals surface area contributed by atoms with Gasteiger partial charge in [0.2, 0.25) is 0 Å². The number of halogens is 1. The summed E-state index contributed by atoms with van der Waals surface area (Å²) >= 11 is 5.51. The summed E-state index contributed by atoms with van der Waals surface area (Å²) in [6.07, 6.45) is 27.7. The monoisotopic (exact) mass is 1610 g/mol. The second kappa shape index (κ2) is 75.0. The van der Waals surface area contributed by atoms with Gasteiger partial charge in [0.15, 0.2) is 0 Å². The van der Waals surface area contributed by atoms with E-state index in [0.29, 0.717) is 42.6 Å². The predicted molar refractivity (Wildman–Crippen MR) is 441 cm³/mol. The van der Waals surface area contributed by atoms with E-state index in [1.807, 2.05) is 78.9 Å². The zero-order valence-electron chi connectivity index (χ0n) is 69.0. The normalized spacial score (nSPS) is 10.0. The first kappa shape index (κ1) is 110. The zero-order chi connectivity index (χ0) is 78.9. The standard InChI is InChI=1S/C27H36N2O3.2C17H20N2O.C11H17N.C10H17ClO2.C6H6O.CH2O3.2K.Na.H2O.H/c1-4-5-8-11-23-12-14-24(15-13-23)28-29-25-16-18-26(19-17-25)31-20-9-6-7-10-21-32-27(30)22(2)3;2*1-2-3-4-5-14-6-8-15(9-7-14)18-19-16-10-12-17(20)13-11-16;1-2-3-4-5-10-6-8-11(12)9-7-10;1-9(2)10(12)13-8-6-4-3-5-7-11;7-6-4-2-1-3-5-6;2-1-4-3;;;;;/h12-19H,2,4-11,20-21H2,1,3H3;2*6-13,20H,2-5H2,1H3;6-9H,2-5,12H2,1H3;1,3-8H2,2H3;1-5,7H;1,3H;;;;1H2;/q;;;;;;;3*+1;;-1/p-2. The topological polar surface area (TPSA) is 302 Å². The van der Waals surface area contributed by atoms with Crippen LogP contribution in [0.1, 0.15) is 194 Å². The Morgan fingerprint density at radius 1 is 0.411 bits per heavy atom. The second-order valence-electron chi connectivity index (χ2n) is 25.4. The number of anilines is 1. The number of carbonyl (C=O) groups excluding carboxylic acids is 3. The smallest absolute Gasteiger partial charge is 1.00 e. The molecule has 19 nitrogen and oxygen atoms in total. The number of nitrogen functional groups attached to an aromatic ring is 1. The number of rotatable bonds is 39. The van der Waals surface area contributed by atoms with Gasteiger partial charge in [0.1, 0.15) is 23.0 Å². The maximum absolute atomic E-state index is 11.3. The van der Waals surface area contributed by atoms with Crippen molar-refractivity contribution >= 4 is 69.8 Å². The minimum absolute atomic E-state index is 0. The Labute approximate surface area is 781 Å². The summed E-state index contributed by atoms with van der Waals surface area (Å²) in [5.41, 5.74) is 17.6. The zero-order valence-corrected chi connectivity index (χ0v) is 77.0. The van der Waals surface area contributed by atoms with Gasteiger partial charge in [-0.3, -0.25) is 4.79 Å². The fourth-order valence-corrected chi connectivity index (χ4v) is 9.67. The largest absolute Gasteiger partial charge is 1.00 e. The van der Waals surface area contributed by atoms with E-state index in [1.165, 1.54) is 106 Å². The molecule has 0 bridgehead atoms. The Morgan fingerprint density at radius 3 is 0.929 bits per heavy atom. The van der Waals surface area contributed by atoms with E-state index in [9.17, 15) is 19.8 Å². The third-order valence-corrected chi connectivity index (χ3v) is 16.0. The number of benzene rings is 8. The predicted octanol–water partition coefficient (Wildman–Crippen LogP) is 15.7. The van der Waals surface area contributed by atoms with Gasteiger partial charge in [-0.2, -0.15) is 30.7 Å². The molecule has 0 aliphatic carbocycles. The van der Waals surface area contributed by atoms with E-state index in [4.69, 9.17) is 46.7 Å². The van der Waals surface area contributed by atoms with Crippen molar-refractivity contribution in [3.8, 4) is 23.0 Å². The number of nitrogens with two attached hydrogens (primary N) is 1. The Kier molecular flexibility index (Phi) is 73.7. The van der Waals surface area contributed by atoms with Crippen molar-refractivity contribution in [1.82, 2.24) is 0 Å². The van der Waals surface area contributed by atoms with E-state index in [1.54, 1.807) is 86.6 Å². The Balaban J connectivity index is -0.000000649.